The van der Waals surface area contributed by atoms with Gasteiger partial charge < -0.3 is 5.11 Å². The molecule has 0 aromatic carbocycles. The molecule has 1 aliphatic rings. The van der Waals surface area contributed by atoms with Crippen molar-refractivity contribution < 1.29 is 23.1 Å². The lowest BCUT2D eigenvalue weighted by Crippen LogP contribution is -2.41. The van der Waals surface area contributed by atoms with E-state index in [0.717, 1.165) is 0 Å². The first-order chi connectivity index (χ1) is 7.29. The number of hydrogen-bond donors (Lipinski definition) is 1. The lowest BCUT2D eigenvalue weighted by Gasteiger charge is -2.33. The Morgan fingerprint density at radius 1 is 1.31 bits per heavy atom. The van der Waals surface area contributed by atoms with Crippen LogP contribution in [0.25, 0.3) is 0 Å². The summed E-state index contributed by atoms with van der Waals surface area (Å²) >= 11 is 0. The fourth-order valence-corrected chi connectivity index (χ4v) is 2.18. The maximum Gasteiger partial charge on any atom is 0.401 e. The predicted molar refractivity (Wildman–Crippen MR) is 52.1 cm³/mol. The van der Waals surface area contributed by atoms with E-state index in [1.165, 1.54) is 11.9 Å². The topological polar surface area (TPSA) is 40.5 Å². The van der Waals surface area contributed by atoms with E-state index in [0.29, 0.717) is 25.7 Å². The van der Waals surface area contributed by atoms with Gasteiger partial charge >= 0.3 is 12.1 Å². The third-order valence-electron chi connectivity index (χ3n) is 3.10. The molecule has 0 heterocycles. The Kier molecular flexibility index (Phi) is 4.18. The van der Waals surface area contributed by atoms with Crippen molar-refractivity contribution in [3.63, 3.8) is 0 Å². The second-order valence-corrected chi connectivity index (χ2v) is 4.37. The molecular formula is C10H16F3NO2. The average molecular weight is 239 g/mol. The highest BCUT2D eigenvalue weighted by Gasteiger charge is 2.34. The lowest BCUT2D eigenvalue weighted by molar-refractivity contribution is -0.152. The Bertz CT molecular complexity index is 247. The van der Waals surface area contributed by atoms with E-state index in [1.807, 2.05) is 0 Å². The molecule has 0 amide bonds. The van der Waals surface area contributed by atoms with Gasteiger partial charge in [0.25, 0.3) is 0 Å². The average Bonchev–Trinajstić information content (AvgIpc) is 2.15. The zero-order valence-corrected chi connectivity index (χ0v) is 9.13. The monoisotopic (exact) mass is 239 g/mol. The molecule has 0 atom stereocenters. The molecular weight excluding hydrogens is 223 g/mol. The van der Waals surface area contributed by atoms with Crippen molar-refractivity contribution in [2.75, 3.05) is 13.6 Å². The second kappa shape index (κ2) is 5.03. The smallest absolute Gasteiger partial charge is 0.401 e. The van der Waals surface area contributed by atoms with Gasteiger partial charge in [0.2, 0.25) is 0 Å². The molecule has 1 N–H and O–H groups in total. The fourth-order valence-electron chi connectivity index (χ4n) is 2.18. The minimum absolute atomic E-state index is 0.141. The fraction of sp³-hybridized carbons (Fsp3) is 0.900. The van der Waals surface area contributed by atoms with E-state index in [1.54, 1.807) is 0 Å². The summed E-state index contributed by atoms with van der Waals surface area (Å²) in [5, 5.41) is 8.76. The first kappa shape index (κ1) is 13.3. The normalized spacial score (nSPS) is 27.1. The number of carboxylic acids is 1. The van der Waals surface area contributed by atoms with Crippen LogP contribution in [0.1, 0.15) is 25.7 Å². The Balaban J connectivity index is 2.39. The minimum atomic E-state index is -4.18. The Morgan fingerprint density at radius 2 is 1.81 bits per heavy atom. The van der Waals surface area contributed by atoms with Crippen molar-refractivity contribution in [2.24, 2.45) is 5.92 Å². The van der Waals surface area contributed by atoms with Gasteiger partial charge in [-0.2, -0.15) is 13.2 Å². The van der Waals surface area contributed by atoms with Crippen molar-refractivity contribution in [1.29, 1.82) is 0 Å². The molecule has 0 radical (unpaired) electrons. The summed E-state index contributed by atoms with van der Waals surface area (Å²) in [7, 11) is 1.44. The number of carboxylic acid groups (broad SMARTS) is 1. The van der Waals surface area contributed by atoms with Gasteiger partial charge in [-0.05, 0) is 32.7 Å². The van der Waals surface area contributed by atoms with Crippen molar-refractivity contribution in [3.05, 3.63) is 0 Å². The van der Waals surface area contributed by atoms with Gasteiger partial charge in [0, 0.05) is 6.04 Å². The lowest BCUT2D eigenvalue weighted by atomic mass is 9.85. The van der Waals surface area contributed by atoms with Gasteiger partial charge in [-0.15, -0.1) is 0 Å². The molecule has 0 saturated heterocycles. The van der Waals surface area contributed by atoms with Gasteiger partial charge in [0.05, 0.1) is 12.5 Å². The van der Waals surface area contributed by atoms with Gasteiger partial charge in [-0.3, -0.25) is 9.69 Å². The number of nitrogens with zero attached hydrogens (tertiary/aromatic N) is 1. The van der Waals surface area contributed by atoms with Crippen molar-refractivity contribution in [2.45, 2.75) is 37.9 Å². The standard InChI is InChI=1S/C10H16F3NO2/c1-14(6-10(11,12)13)8-4-2-7(3-5-8)9(15)16/h7-8H,2-6H2,1H3,(H,15,16). The number of aliphatic carboxylic acids is 1. The molecule has 0 bridgehead atoms. The van der Waals surface area contributed by atoms with E-state index < -0.39 is 18.7 Å². The van der Waals surface area contributed by atoms with Crippen molar-refractivity contribution >= 4 is 5.97 Å². The van der Waals surface area contributed by atoms with Crippen LogP contribution in [0.3, 0.4) is 0 Å². The summed E-state index contributed by atoms with van der Waals surface area (Å²) in [6, 6.07) is -0.141. The largest absolute Gasteiger partial charge is 0.481 e. The van der Waals surface area contributed by atoms with Crippen LogP contribution in [0.5, 0.6) is 0 Å². The molecule has 0 aromatic rings. The second-order valence-electron chi connectivity index (χ2n) is 4.37. The van der Waals surface area contributed by atoms with Gasteiger partial charge in [-0.1, -0.05) is 0 Å². The van der Waals surface area contributed by atoms with Gasteiger partial charge in [-0.25, -0.2) is 0 Å². The van der Waals surface area contributed by atoms with E-state index in [-0.39, 0.29) is 12.0 Å². The molecule has 3 nitrogen and oxygen atoms in total. The number of hydrogen-bond acceptors (Lipinski definition) is 2. The SMILES string of the molecule is CN(CC(F)(F)F)C1CCC(C(=O)O)CC1. The Morgan fingerprint density at radius 3 is 2.19 bits per heavy atom. The molecule has 0 aromatic heterocycles. The van der Waals surface area contributed by atoms with Crippen molar-refractivity contribution in [3.8, 4) is 0 Å². The van der Waals surface area contributed by atoms with Crippen LogP contribution < -0.4 is 0 Å². The van der Waals surface area contributed by atoms with Crippen LogP contribution >= 0.6 is 0 Å². The summed E-state index contributed by atoms with van der Waals surface area (Å²) in [6.07, 6.45) is -2.17. The zero-order valence-electron chi connectivity index (χ0n) is 9.13. The third kappa shape index (κ3) is 4.00. The summed E-state index contributed by atoms with van der Waals surface area (Å²) < 4.78 is 36.4. The van der Waals surface area contributed by atoms with E-state index in [4.69, 9.17) is 5.11 Å². The van der Waals surface area contributed by atoms with E-state index in [9.17, 15) is 18.0 Å². The van der Waals surface area contributed by atoms with Gasteiger partial charge in [0.15, 0.2) is 0 Å². The molecule has 0 unspecified atom stereocenters. The quantitative estimate of drug-likeness (QED) is 0.820. The molecule has 16 heavy (non-hydrogen) atoms. The Hall–Kier alpha value is -0.780. The molecule has 1 fully saturated rings. The molecule has 0 aliphatic heterocycles. The van der Waals surface area contributed by atoms with Crippen LogP contribution in [-0.2, 0) is 4.79 Å². The minimum Gasteiger partial charge on any atom is -0.481 e. The Labute approximate surface area is 92.2 Å². The molecule has 1 saturated carbocycles. The summed E-state index contributed by atoms with van der Waals surface area (Å²) in [6.45, 7) is -0.921. The highest BCUT2D eigenvalue weighted by Crippen LogP contribution is 2.28. The molecule has 0 spiro atoms. The summed E-state index contributed by atoms with van der Waals surface area (Å²) in [5.74, 6) is -1.22. The summed E-state index contributed by atoms with van der Waals surface area (Å²) in [4.78, 5) is 11.9. The number of halogens is 3. The molecule has 94 valence electrons. The maximum atomic E-state index is 12.1. The number of carbonyl (C=O) groups is 1. The third-order valence-corrected chi connectivity index (χ3v) is 3.10. The highest BCUT2D eigenvalue weighted by atomic mass is 19.4. The predicted octanol–water partition coefficient (Wildman–Crippen LogP) is 2.12. The van der Waals surface area contributed by atoms with E-state index >= 15 is 0 Å². The van der Waals surface area contributed by atoms with Crippen LogP contribution in [0.2, 0.25) is 0 Å². The first-order valence-corrected chi connectivity index (χ1v) is 5.29. The number of rotatable bonds is 3. The van der Waals surface area contributed by atoms with Crippen LogP contribution in [0.4, 0.5) is 13.2 Å². The van der Waals surface area contributed by atoms with Crippen LogP contribution in [0.15, 0.2) is 0 Å². The number of alkyl halides is 3. The summed E-state index contributed by atoms with van der Waals surface area (Å²) in [5.41, 5.74) is 0. The van der Waals surface area contributed by atoms with Gasteiger partial charge in [0.1, 0.15) is 0 Å². The highest BCUT2D eigenvalue weighted by molar-refractivity contribution is 5.70. The molecule has 1 aliphatic carbocycles. The maximum absolute atomic E-state index is 12.1. The van der Waals surface area contributed by atoms with Crippen LogP contribution in [0, 0.1) is 5.92 Å². The zero-order chi connectivity index (χ0) is 12.3. The van der Waals surface area contributed by atoms with E-state index in [2.05, 4.69) is 0 Å². The first-order valence-electron chi connectivity index (χ1n) is 5.29. The molecule has 6 heteroatoms. The van der Waals surface area contributed by atoms with Crippen LogP contribution in [-0.4, -0.2) is 41.8 Å². The molecule has 1 rings (SSSR count). The van der Waals surface area contributed by atoms with Crippen molar-refractivity contribution in [1.82, 2.24) is 4.90 Å².